The van der Waals surface area contributed by atoms with Crippen molar-refractivity contribution in [2.24, 2.45) is 0 Å². The van der Waals surface area contributed by atoms with E-state index in [-0.39, 0.29) is 5.91 Å². The van der Waals surface area contributed by atoms with Gasteiger partial charge in [0, 0.05) is 38.3 Å². The molecule has 1 fully saturated rings. The van der Waals surface area contributed by atoms with Gasteiger partial charge in [-0.15, -0.1) is 0 Å². The van der Waals surface area contributed by atoms with E-state index >= 15 is 0 Å². The average molecular weight is 447 g/mol. The summed E-state index contributed by atoms with van der Waals surface area (Å²) < 4.78 is 11.0. The lowest BCUT2D eigenvalue weighted by Gasteiger charge is -2.35. The Bertz CT molecular complexity index is 1050. The van der Waals surface area contributed by atoms with Gasteiger partial charge in [-0.3, -0.25) is 9.69 Å². The van der Waals surface area contributed by atoms with Gasteiger partial charge in [0.2, 0.25) is 5.91 Å². The largest absolute Gasteiger partial charge is 0.493 e. The van der Waals surface area contributed by atoms with Crippen LogP contribution in [-0.2, 0) is 17.8 Å². The number of amides is 1. The maximum absolute atomic E-state index is 12.3. The summed E-state index contributed by atoms with van der Waals surface area (Å²) in [6.45, 7) is 4.45. The van der Waals surface area contributed by atoms with E-state index in [2.05, 4.69) is 26.2 Å². The number of anilines is 2. The molecule has 33 heavy (non-hydrogen) atoms. The lowest BCUT2D eigenvalue weighted by atomic mass is 10.1. The number of benzene rings is 2. The lowest BCUT2D eigenvalue weighted by Crippen LogP contribution is -2.46. The van der Waals surface area contributed by atoms with Gasteiger partial charge < -0.3 is 19.7 Å². The third-order valence-corrected chi connectivity index (χ3v) is 5.81. The number of aromatic nitrogens is 1. The van der Waals surface area contributed by atoms with Crippen molar-refractivity contribution in [3.05, 3.63) is 78.0 Å². The molecule has 2 aromatic carbocycles. The minimum atomic E-state index is -0.0441. The van der Waals surface area contributed by atoms with Gasteiger partial charge in [-0.25, -0.2) is 4.98 Å². The van der Waals surface area contributed by atoms with Crippen molar-refractivity contribution < 1.29 is 14.3 Å². The van der Waals surface area contributed by atoms with Crippen molar-refractivity contribution >= 4 is 17.4 Å². The highest BCUT2D eigenvalue weighted by molar-refractivity contribution is 5.92. The number of carbonyl (C=O) groups excluding carboxylic acids is 1. The topological polar surface area (TPSA) is 66.9 Å². The Kier molecular flexibility index (Phi) is 7.42. The molecule has 172 valence electrons. The zero-order chi connectivity index (χ0) is 23.0. The second kappa shape index (κ2) is 10.8. The number of pyridine rings is 1. The van der Waals surface area contributed by atoms with E-state index in [1.807, 2.05) is 54.6 Å². The molecular weight excluding hydrogens is 416 g/mol. The summed E-state index contributed by atoms with van der Waals surface area (Å²) in [5.74, 6) is 2.44. The second-order valence-electron chi connectivity index (χ2n) is 8.03. The number of nitrogens with one attached hydrogen (secondary N) is 1. The molecule has 0 unspecified atom stereocenters. The minimum absolute atomic E-state index is 0.0441. The molecule has 1 N–H and O–H groups in total. The molecule has 0 atom stereocenters. The number of piperazine rings is 1. The molecule has 4 rings (SSSR count). The van der Waals surface area contributed by atoms with Gasteiger partial charge in [0.1, 0.15) is 5.82 Å². The third kappa shape index (κ3) is 5.81. The normalized spacial score (nSPS) is 14.1. The number of hydrogen-bond donors (Lipinski definition) is 1. The Morgan fingerprint density at radius 2 is 1.73 bits per heavy atom. The molecular formula is C26H30N4O3. The van der Waals surface area contributed by atoms with Crippen LogP contribution in [0.2, 0.25) is 0 Å². The van der Waals surface area contributed by atoms with Crippen molar-refractivity contribution in [2.75, 3.05) is 50.6 Å². The van der Waals surface area contributed by atoms with Crippen molar-refractivity contribution in [3.8, 4) is 11.5 Å². The Labute approximate surface area is 195 Å². The SMILES string of the molecule is COc1cccc(CN2CCN(c3ccc(NC(=O)Cc4ccccc4)cn3)CC2)c1OC. The maximum atomic E-state index is 12.3. The summed E-state index contributed by atoms with van der Waals surface area (Å²) >= 11 is 0. The molecule has 1 aliphatic rings. The number of carbonyl (C=O) groups is 1. The van der Waals surface area contributed by atoms with Gasteiger partial charge >= 0.3 is 0 Å². The number of rotatable bonds is 8. The van der Waals surface area contributed by atoms with E-state index in [0.717, 1.165) is 61.2 Å². The van der Waals surface area contributed by atoms with Crippen LogP contribution in [0.4, 0.5) is 11.5 Å². The summed E-state index contributed by atoms with van der Waals surface area (Å²) in [4.78, 5) is 21.5. The number of para-hydroxylation sites is 1. The molecule has 0 aliphatic carbocycles. The number of hydrogen-bond acceptors (Lipinski definition) is 6. The lowest BCUT2D eigenvalue weighted by molar-refractivity contribution is -0.115. The molecule has 3 aromatic rings. The second-order valence-corrected chi connectivity index (χ2v) is 8.03. The van der Waals surface area contributed by atoms with Crippen LogP contribution in [0.15, 0.2) is 66.9 Å². The van der Waals surface area contributed by atoms with E-state index < -0.39 is 0 Å². The summed E-state index contributed by atoms with van der Waals surface area (Å²) in [6.07, 6.45) is 2.08. The maximum Gasteiger partial charge on any atom is 0.228 e. The van der Waals surface area contributed by atoms with Crippen LogP contribution in [0, 0.1) is 0 Å². The van der Waals surface area contributed by atoms with Gasteiger partial charge in [-0.2, -0.15) is 0 Å². The highest BCUT2D eigenvalue weighted by Crippen LogP contribution is 2.31. The fourth-order valence-corrected chi connectivity index (χ4v) is 4.09. The Balaban J connectivity index is 1.29. The fourth-order valence-electron chi connectivity index (χ4n) is 4.09. The fraction of sp³-hybridized carbons (Fsp3) is 0.308. The van der Waals surface area contributed by atoms with Crippen LogP contribution in [0.3, 0.4) is 0 Å². The molecule has 0 bridgehead atoms. The minimum Gasteiger partial charge on any atom is -0.493 e. The molecule has 2 heterocycles. The van der Waals surface area contributed by atoms with E-state index in [4.69, 9.17) is 9.47 Å². The number of ether oxygens (including phenoxy) is 2. The van der Waals surface area contributed by atoms with Crippen LogP contribution in [0.1, 0.15) is 11.1 Å². The standard InChI is InChI=1S/C26H30N4O3/c1-32-23-10-6-9-21(26(23)33-2)19-29-13-15-30(16-14-29)24-12-11-22(18-27-24)28-25(31)17-20-7-4-3-5-8-20/h3-12,18H,13-17,19H2,1-2H3,(H,28,31). The van der Waals surface area contributed by atoms with Crippen molar-refractivity contribution in [1.82, 2.24) is 9.88 Å². The molecule has 0 spiro atoms. The molecule has 7 nitrogen and oxygen atoms in total. The van der Waals surface area contributed by atoms with Gasteiger partial charge in [0.25, 0.3) is 0 Å². The summed E-state index contributed by atoms with van der Waals surface area (Å²) in [7, 11) is 3.34. The first-order chi connectivity index (χ1) is 16.2. The van der Waals surface area contributed by atoms with E-state index in [0.29, 0.717) is 12.1 Å². The van der Waals surface area contributed by atoms with Crippen molar-refractivity contribution in [1.29, 1.82) is 0 Å². The predicted molar refractivity (Wildman–Crippen MR) is 130 cm³/mol. The summed E-state index contributed by atoms with van der Waals surface area (Å²) in [6, 6.07) is 19.6. The summed E-state index contributed by atoms with van der Waals surface area (Å²) in [5, 5.41) is 2.92. The van der Waals surface area contributed by atoms with Gasteiger partial charge in [0.05, 0.1) is 32.5 Å². The molecule has 1 aliphatic heterocycles. The summed E-state index contributed by atoms with van der Waals surface area (Å²) in [5.41, 5.74) is 2.83. The quantitative estimate of drug-likeness (QED) is 0.570. The molecule has 0 radical (unpaired) electrons. The van der Waals surface area contributed by atoms with Crippen molar-refractivity contribution in [3.63, 3.8) is 0 Å². The Morgan fingerprint density at radius 1 is 0.939 bits per heavy atom. The van der Waals surface area contributed by atoms with Gasteiger partial charge in [0.15, 0.2) is 11.5 Å². The zero-order valence-electron chi connectivity index (χ0n) is 19.2. The van der Waals surface area contributed by atoms with Crippen LogP contribution in [0.25, 0.3) is 0 Å². The Morgan fingerprint density at radius 3 is 2.39 bits per heavy atom. The smallest absolute Gasteiger partial charge is 0.228 e. The van der Waals surface area contributed by atoms with Crippen LogP contribution in [-0.4, -0.2) is 56.2 Å². The highest BCUT2D eigenvalue weighted by Gasteiger charge is 2.20. The van der Waals surface area contributed by atoms with E-state index in [1.54, 1.807) is 20.4 Å². The monoisotopic (exact) mass is 446 g/mol. The molecule has 0 saturated carbocycles. The highest BCUT2D eigenvalue weighted by atomic mass is 16.5. The van der Waals surface area contributed by atoms with Gasteiger partial charge in [-0.1, -0.05) is 42.5 Å². The number of nitrogens with zero attached hydrogens (tertiary/aromatic N) is 3. The number of methoxy groups -OCH3 is 2. The molecule has 1 amide bonds. The first-order valence-corrected chi connectivity index (χ1v) is 11.1. The first-order valence-electron chi connectivity index (χ1n) is 11.1. The third-order valence-electron chi connectivity index (χ3n) is 5.81. The van der Waals surface area contributed by atoms with Crippen LogP contribution >= 0.6 is 0 Å². The first kappa shape index (κ1) is 22.6. The molecule has 1 aromatic heterocycles. The van der Waals surface area contributed by atoms with Crippen molar-refractivity contribution in [2.45, 2.75) is 13.0 Å². The predicted octanol–water partition coefficient (Wildman–Crippen LogP) is 3.60. The molecule has 1 saturated heterocycles. The van der Waals surface area contributed by atoms with Gasteiger partial charge in [-0.05, 0) is 23.8 Å². The van der Waals surface area contributed by atoms with E-state index in [1.165, 1.54) is 0 Å². The average Bonchev–Trinajstić information content (AvgIpc) is 2.85. The van der Waals surface area contributed by atoms with Crippen LogP contribution < -0.4 is 19.7 Å². The zero-order valence-corrected chi connectivity index (χ0v) is 19.2. The molecule has 7 heteroatoms. The van der Waals surface area contributed by atoms with Crippen LogP contribution in [0.5, 0.6) is 11.5 Å². The Hall–Kier alpha value is -3.58. The van der Waals surface area contributed by atoms with E-state index in [9.17, 15) is 4.79 Å².